The molecule has 0 bridgehead atoms. The lowest BCUT2D eigenvalue weighted by molar-refractivity contribution is -0.285. The topological polar surface area (TPSA) is 76.5 Å². The van der Waals surface area contributed by atoms with E-state index in [9.17, 15) is 0 Å². The van der Waals surface area contributed by atoms with Crippen LogP contribution in [0.15, 0.2) is 5.11 Å². The van der Waals surface area contributed by atoms with E-state index in [1.807, 2.05) is 0 Å². The summed E-state index contributed by atoms with van der Waals surface area (Å²) in [5, 5.41) is 4.00. The van der Waals surface area contributed by atoms with E-state index in [0.717, 1.165) is 6.42 Å². The maximum Gasteiger partial charge on any atom is 0.167 e. The number of rotatable bonds is 4. The molecule has 2 aliphatic rings. The van der Waals surface area contributed by atoms with Crippen molar-refractivity contribution in [1.29, 1.82) is 0 Å². The third-order valence-corrected chi connectivity index (χ3v) is 6.40. The van der Waals surface area contributed by atoms with Gasteiger partial charge < -0.3 is 14.2 Å². The molecule has 2 fully saturated rings. The summed E-state index contributed by atoms with van der Waals surface area (Å²) >= 11 is 0. The van der Waals surface area contributed by atoms with Crippen LogP contribution >= 0.6 is 0 Å². The van der Waals surface area contributed by atoms with Gasteiger partial charge in [0, 0.05) is 4.91 Å². The van der Waals surface area contributed by atoms with Crippen LogP contribution in [-0.2, 0) is 14.2 Å². The van der Waals surface area contributed by atoms with Crippen LogP contribution in [0.2, 0.25) is 0 Å². The second-order valence-corrected chi connectivity index (χ2v) is 7.73. The van der Waals surface area contributed by atoms with Crippen molar-refractivity contribution in [2.45, 2.75) is 91.6 Å². The van der Waals surface area contributed by atoms with E-state index in [2.05, 4.69) is 58.5 Å². The molecule has 10 atom stereocenters. The van der Waals surface area contributed by atoms with Gasteiger partial charge in [-0.05, 0) is 49.5 Å². The molecule has 2 rings (SSSR count). The van der Waals surface area contributed by atoms with Crippen LogP contribution in [0.25, 0.3) is 10.4 Å². The van der Waals surface area contributed by atoms with Gasteiger partial charge in [0.1, 0.15) is 0 Å². The van der Waals surface area contributed by atoms with Gasteiger partial charge in [0.2, 0.25) is 0 Å². The van der Waals surface area contributed by atoms with Gasteiger partial charge in [-0.15, -0.1) is 0 Å². The molecule has 0 radical (unpaired) electrons. The average molecular weight is 339 g/mol. The second kappa shape index (κ2) is 8.05. The Balaban J connectivity index is 2.19. The quantitative estimate of drug-likeness (QED) is 0.429. The SMILES string of the molecule is CCC1O[C@@H](O[C@@H]2C(C)OC(C)[C@@H](C)C2C)C(N=[N+]=[N-])[C@@H](C)[C@@H]1C. The third-order valence-electron chi connectivity index (χ3n) is 6.40. The highest BCUT2D eigenvalue weighted by atomic mass is 16.7. The molecule has 0 amide bonds. The lowest BCUT2D eigenvalue weighted by Crippen LogP contribution is -2.55. The van der Waals surface area contributed by atoms with E-state index in [4.69, 9.17) is 19.7 Å². The van der Waals surface area contributed by atoms with Crippen LogP contribution in [0.5, 0.6) is 0 Å². The minimum absolute atomic E-state index is 0.00347. The van der Waals surface area contributed by atoms with Crippen LogP contribution in [0.1, 0.15) is 54.9 Å². The molecule has 0 aromatic heterocycles. The summed E-state index contributed by atoms with van der Waals surface area (Å²) < 4.78 is 18.6. The maximum atomic E-state index is 8.97. The highest BCUT2D eigenvalue weighted by Gasteiger charge is 2.45. The normalized spacial score (nSPS) is 49.5. The predicted octanol–water partition coefficient (Wildman–Crippen LogP) is 4.54. The summed E-state index contributed by atoms with van der Waals surface area (Å²) in [6, 6.07) is -0.304. The van der Waals surface area contributed by atoms with Crippen molar-refractivity contribution in [3.8, 4) is 0 Å². The van der Waals surface area contributed by atoms with Crippen molar-refractivity contribution in [2.75, 3.05) is 0 Å². The zero-order chi connectivity index (χ0) is 18.0. The molecule has 0 aromatic rings. The lowest BCUT2D eigenvalue weighted by atomic mass is 9.80. The molecular weight excluding hydrogens is 306 g/mol. The highest BCUT2D eigenvalue weighted by molar-refractivity contribution is 4.92. The van der Waals surface area contributed by atoms with Gasteiger partial charge in [-0.3, -0.25) is 0 Å². The zero-order valence-corrected chi connectivity index (χ0v) is 16.0. The number of hydrogen-bond acceptors (Lipinski definition) is 4. The van der Waals surface area contributed by atoms with Crippen molar-refractivity contribution in [2.24, 2.45) is 28.8 Å². The summed E-state index contributed by atoms with van der Waals surface area (Å²) in [4.78, 5) is 3.04. The van der Waals surface area contributed by atoms with Gasteiger partial charge in [-0.25, -0.2) is 0 Å². The molecule has 24 heavy (non-hydrogen) atoms. The minimum atomic E-state index is -0.504. The number of azide groups is 1. The van der Waals surface area contributed by atoms with Gasteiger partial charge in [0.05, 0.1) is 30.5 Å². The van der Waals surface area contributed by atoms with Gasteiger partial charge in [0.15, 0.2) is 6.29 Å². The highest BCUT2D eigenvalue weighted by Crippen LogP contribution is 2.38. The van der Waals surface area contributed by atoms with Crippen molar-refractivity contribution in [3.63, 3.8) is 0 Å². The van der Waals surface area contributed by atoms with Crippen LogP contribution in [0.3, 0.4) is 0 Å². The molecule has 138 valence electrons. The molecule has 0 aliphatic carbocycles. The van der Waals surface area contributed by atoms with Gasteiger partial charge in [-0.1, -0.05) is 39.7 Å². The number of hydrogen-bond donors (Lipinski definition) is 0. The van der Waals surface area contributed by atoms with E-state index >= 15 is 0 Å². The number of nitrogens with zero attached hydrogens (tertiary/aromatic N) is 3. The molecule has 2 aliphatic heterocycles. The largest absolute Gasteiger partial charge is 0.373 e. The molecule has 0 saturated carbocycles. The van der Waals surface area contributed by atoms with Crippen molar-refractivity contribution in [1.82, 2.24) is 0 Å². The van der Waals surface area contributed by atoms with E-state index < -0.39 is 6.29 Å². The average Bonchev–Trinajstić information content (AvgIpc) is 2.55. The van der Waals surface area contributed by atoms with Crippen LogP contribution in [-0.4, -0.2) is 36.7 Å². The Bertz CT molecular complexity index is 468. The molecule has 2 saturated heterocycles. The third kappa shape index (κ3) is 3.72. The van der Waals surface area contributed by atoms with E-state index in [1.165, 1.54) is 0 Å². The maximum absolute atomic E-state index is 8.97. The summed E-state index contributed by atoms with van der Waals surface area (Å²) in [7, 11) is 0. The first kappa shape index (κ1) is 19.5. The second-order valence-electron chi connectivity index (χ2n) is 7.73. The smallest absolute Gasteiger partial charge is 0.167 e. The standard InChI is InChI=1S/C18H33N3O3/c1-8-15-10(3)11(4)16(20-21-19)18(23-15)24-17-12(5)9(2)13(6)22-14(17)7/h9-18H,8H2,1-7H3/t9-,10-,11-,12?,13?,14?,15?,16?,17-,18-/m0/s1. The van der Waals surface area contributed by atoms with E-state index in [0.29, 0.717) is 17.8 Å². The van der Waals surface area contributed by atoms with Crippen molar-refractivity contribution in [3.05, 3.63) is 10.4 Å². The van der Waals surface area contributed by atoms with Crippen molar-refractivity contribution >= 4 is 0 Å². The Morgan fingerprint density at radius 1 is 0.917 bits per heavy atom. The fourth-order valence-corrected chi connectivity index (χ4v) is 4.16. The Kier molecular flexibility index (Phi) is 6.54. The monoisotopic (exact) mass is 339 g/mol. The summed E-state index contributed by atoms with van der Waals surface area (Å²) in [6.07, 6.45) is 0.704. The first-order valence-electron chi connectivity index (χ1n) is 9.32. The lowest BCUT2D eigenvalue weighted by Gasteiger charge is -2.48. The van der Waals surface area contributed by atoms with Crippen LogP contribution in [0, 0.1) is 23.7 Å². The van der Waals surface area contributed by atoms with Crippen molar-refractivity contribution < 1.29 is 14.2 Å². The Morgan fingerprint density at radius 3 is 2.17 bits per heavy atom. The molecule has 5 unspecified atom stereocenters. The zero-order valence-electron chi connectivity index (χ0n) is 16.0. The Labute approximate surface area is 145 Å². The Morgan fingerprint density at radius 2 is 1.58 bits per heavy atom. The molecular formula is C18H33N3O3. The molecule has 2 heterocycles. The fraction of sp³-hybridized carbons (Fsp3) is 1.00. The molecule has 0 N–H and O–H groups in total. The summed E-state index contributed by atoms with van der Waals surface area (Å²) in [5.41, 5.74) is 8.97. The summed E-state index contributed by atoms with van der Waals surface area (Å²) in [6.45, 7) is 15.0. The van der Waals surface area contributed by atoms with Gasteiger partial charge >= 0.3 is 0 Å². The first-order valence-corrected chi connectivity index (χ1v) is 9.32. The van der Waals surface area contributed by atoms with Gasteiger partial charge in [-0.2, -0.15) is 0 Å². The first-order chi connectivity index (χ1) is 11.3. The van der Waals surface area contributed by atoms with E-state index in [-0.39, 0.29) is 36.4 Å². The Hall–Kier alpha value is -0.810. The van der Waals surface area contributed by atoms with E-state index in [1.54, 1.807) is 0 Å². The molecule has 0 spiro atoms. The molecule has 6 heteroatoms. The summed E-state index contributed by atoms with van der Waals surface area (Å²) in [5.74, 6) is 1.32. The molecule has 6 nitrogen and oxygen atoms in total. The minimum Gasteiger partial charge on any atom is -0.373 e. The fourth-order valence-electron chi connectivity index (χ4n) is 4.16. The predicted molar refractivity (Wildman–Crippen MR) is 93.4 cm³/mol. The van der Waals surface area contributed by atoms with Crippen LogP contribution < -0.4 is 0 Å². The van der Waals surface area contributed by atoms with Gasteiger partial charge in [0.25, 0.3) is 0 Å². The number of ether oxygens (including phenoxy) is 3. The molecule has 0 aromatic carbocycles. The van der Waals surface area contributed by atoms with Crippen LogP contribution in [0.4, 0.5) is 0 Å².